The zero-order valence-electron chi connectivity index (χ0n) is 24.3. The minimum atomic E-state index is -0.952. The molecule has 0 spiro atoms. The van der Waals surface area contributed by atoms with Crippen molar-refractivity contribution in [2.45, 2.75) is 104 Å². The van der Waals surface area contributed by atoms with Crippen LogP contribution in [0.25, 0.3) is 0 Å². The molecule has 2 aliphatic carbocycles. The van der Waals surface area contributed by atoms with Crippen molar-refractivity contribution in [2.75, 3.05) is 11.9 Å². The number of amides is 2. The first-order valence-electron chi connectivity index (χ1n) is 15.3. The number of hydrogen-bond donors (Lipinski definition) is 2. The maximum Gasteiger partial charge on any atom is 0.397 e. The largest absolute Gasteiger partial charge is 0.459 e. The van der Waals surface area contributed by atoms with Crippen LogP contribution in [0.4, 0.5) is 5.69 Å². The number of ether oxygens (including phenoxy) is 1. The molecule has 2 saturated heterocycles. The van der Waals surface area contributed by atoms with Crippen LogP contribution in [0, 0.1) is 35.5 Å². The molecule has 1 aromatic carbocycles. The van der Waals surface area contributed by atoms with Gasteiger partial charge in [-0.05, 0) is 99.5 Å². The van der Waals surface area contributed by atoms with E-state index in [1.165, 1.54) is 32.1 Å². The van der Waals surface area contributed by atoms with Crippen LogP contribution in [-0.4, -0.2) is 53.5 Å². The van der Waals surface area contributed by atoms with Crippen molar-refractivity contribution in [3.05, 3.63) is 29.8 Å². The van der Waals surface area contributed by atoms with Gasteiger partial charge in [0.2, 0.25) is 0 Å². The van der Waals surface area contributed by atoms with Crippen LogP contribution in [0.1, 0.15) is 89.9 Å². The van der Waals surface area contributed by atoms with E-state index in [9.17, 15) is 14.4 Å². The summed E-state index contributed by atoms with van der Waals surface area (Å²) in [6.07, 6.45) is 8.65. The van der Waals surface area contributed by atoms with Gasteiger partial charge in [-0.2, -0.15) is 0 Å². The molecular weight excluding hydrogens is 490 g/mol. The van der Waals surface area contributed by atoms with Crippen molar-refractivity contribution in [1.29, 1.82) is 0 Å². The Morgan fingerprint density at radius 3 is 2.03 bits per heavy atom. The van der Waals surface area contributed by atoms with Gasteiger partial charge in [0, 0.05) is 24.2 Å². The Morgan fingerprint density at radius 1 is 0.821 bits per heavy atom. The summed E-state index contributed by atoms with van der Waals surface area (Å²) >= 11 is 0. The standard InChI is InChI=1S/C32H47N3O4/c1-6-39-32(38)31(37)34-27-10-8-7-9-26(27)30(36)33-24-16-28-20(4)12-21(5)29(17-24)35(28)25-14-22-13-23(15-25)19(3)11-18(22)2/h7-10,18-25,28-29H,6,11-17H2,1-5H3,(H,33,36)(H,34,37)/t18-,19+,20-,21+,22+,23-,24?,25?,28+,29-. The van der Waals surface area contributed by atoms with E-state index < -0.39 is 11.9 Å². The summed E-state index contributed by atoms with van der Waals surface area (Å²) < 4.78 is 4.80. The second-order valence-electron chi connectivity index (χ2n) is 13.2. The van der Waals surface area contributed by atoms with E-state index in [1.54, 1.807) is 31.2 Å². The summed E-state index contributed by atoms with van der Waals surface area (Å²) in [5.41, 5.74) is 0.691. The molecule has 2 unspecified atom stereocenters. The molecule has 2 aliphatic heterocycles. The highest BCUT2D eigenvalue weighted by atomic mass is 16.5. The topological polar surface area (TPSA) is 87.7 Å². The van der Waals surface area contributed by atoms with Crippen molar-refractivity contribution in [1.82, 2.24) is 10.2 Å². The van der Waals surface area contributed by atoms with Gasteiger partial charge in [-0.1, -0.05) is 39.8 Å². The van der Waals surface area contributed by atoms with Crippen LogP contribution in [-0.2, 0) is 14.3 Å². The van der Waals surface area contributed by atoms with Crippen molar-refractivity contribution in [3.63, 3.8) is 0 Å². The van der Waals surface area contributed by atoms with E-state index in [2.05, 4.69) is 43.2 Å². The predicted molar refractivity (Wildman–Crippen MR) is 152 cm³/mol. The van der Waals surface area contributed by atoms with Gasteiger partial charge in [0.1, 0.15) is 0 Å². The number of benzene rings is 1. The first kappa shape index (κ1) is 28.1. The second-order valence-corrected chi connectivity index (χ2v) is 13.2. The Kier molecular flexibility index (Phi) is 8.37. The first-order chi connectivity index (χ1) is 18.7. The fourth-order valence-electron chi connectivity index (χ4n) is 8.72. The molecule has 214 valence electrons. The van der Waals surface area contributed by atoms with Gasteiger partial charge in [0.25, 0.3) is 5.91 Å². The van der Waals surface area contributed by atoms with Crippen LogP contribution in [0.3, 0.4) is 0 Å². The van der Waals surface area contributed by atoms with Gasteiger partial charge >= 0.3 is 11.9 Å². The quantitative estimate of drug-likeness (QED) is 0.395. The predicted octanol–water partition coefficient (Wildman–Crippen LogP) is 5.26. The maximum absolute atomic E-state index is 13.5. The van der Waals surface area contributed by atoms with E-state index in [-0.39, 0.29) is 18.6 Å². The van der Waals surface area contributed by atoms with Crippen molar-refractivity contribution < 1.29 is 19.1 Å². The third-order valence-corrected chi connectivity index (χ3v) is 10.6. The third-order valence-electron chi connectivity index (χ3n) is 10.6. The average Bonchev–Trinajstić information content (AvgIpc) is 2.91. The summed E-state index contributed by atoms with van der Waals surface area (Å²) in [5, 5.41) is 5.88. The molecular formula is C32H47N3O4. The third kappa shape index (κ3) is 5.75. The lowest BCUT2D eigenvalue weighted by Crippen LogP contribution is -2.65. The summed E-state index contributed by atoms with van der Waals surface area (Å²) in [4.78, 5) is 40.5. The molecule has 39 heavy (non-hydrogen) atoms. The van der Waals surface area contributed by atoms with Crippen molar-refractivity contribution >= 4 is 23.5 Å². The fourth-order valence-corrected chi connectivity index (χ4v) is 8.72. The van der Waals surface area contributed by atoms with Crippen LogP contribution in [0.15, 0.2) is 24.3 Å². The summed E-state index contributed by atoms with van der Waals surface area (Å²) in [5.74, 6) is 2.54. The molecule has 4 aliphatic rings. The number of rotatable bonds is 5. The summed E-state index contributed by atoms with van der Waals surface area (Å²) in [7, 11) is 0. The molecule has 1 aromatic rings. The molecule has 7 heteroatoms. The molecule has 5 rings (SSSR count). The minimum Gasteiger partial charge on any atom is -0.459 e. The highest BCUT2D eigenvalue weighted by molar-refractivity contribution is 6.37. The number of esters is 1. The van der Waals surface area contributed by atoms with Crippen LogP contribution < -0.4 is 10.6 Å². The van der Waals surface area contributed by atoms with Crippen molar-refractivity contribution in [3.8, 4) is 0 Å². The lowest BCUT2D eigenvalue weighted by Gasteiger charge is -2.60. The van der Waals surface area contributed by atoms with Gasteiger partial charge < -0.3 is 15.4 Å². The molecule has 2 amide bonds. The second kappa shape index (κ2) is 11.6. The van der Waals surface area contributed by atoms with E-state index in [4.69, 9.17) is 4.74 Å². The number of piperidine rings is 2. The number of anilines is 1. The zero-order chi connectivity index (χ0) is 27.8. The molecule has 4 fully saturated rings. The Bertz CT molecular complexity index is 1040. The summed E-state index contributed by atoms with van der Waals surface area (Å²) in [6.45, 7) is 11.5. The Balaban J connectivity index is 1.30. The number of carbonyl (C=O) groups is 3. The maximum atomic E-state index is 13.5. The molecule has 2 N–H and O–H groups in total. The van der Waals surface area contributed by atoms with Gasteiger partial charge in [0.05, 0.1) is 17.9 Å². The molecule has 2 heterocycles. The molecule has 7 nitrogen and oxygen atoms in total. The Hall–Kier alpha value is -2.41. The molecule has 4 bridgehead atoms. The smallest absolute Gasteiger partial charge is 0.397 e. The Labute approximate surface area is 233 Å². The number of nitrogens with one attached hydrogen (secondary N) is 2. The van der Waals surface area contributed by atoms with E-state index in [0.29, 0.717) is 41.2 Å². The van der Waals surface area contributed by atoms with Gasteiger partial charge in [-0.15, -0.1) is 0 Å². The Morgan fingerprint density at radius 2 is 1.41 bits per heavy atom. The van der Waals surface area contributed by atoms with Gasteiger partial charge in [0.15, 0.2) is 0 Å². The van der Waals surface area contributed by atoms with E-state index in [1.807, 2.05) is 0 Å². The average molecular weight is 538 g/mol. The minimum absolute atomic E-state index is 0.0868. The highest BCUT2D eigenvalue weighted by Gasteiger charge is 2.50. The number of carbonyl (C=O) groups excluding carboxylic acids is 3. The molecule has 0 radical (unpaired) electrons. The number of nitrogens with zero attached hydrogens (tertiary/aromatic N) is 1. The first-order valence-corrected chi connectivity index (χ1v) is 15.3. The number of para-hydroxylation sites is 1. The lowest BCUT2D eigenvalue weighted by molar-refractivity contribution is -0.152. The SMILES string of the molecule is CCOC(=O)C(=O)Nc1ccccc1C(=O)NC1C[C@@H]2[C@@H](C)C[C@@H](C)[C@H](C1)N2C1C[C@@H]2C[C@H](C1)[C@@H](C)C[C@H]2C. The zero-order valence-corrected chi connectivity index (χ0v) is 24.3. The van der Waals surface area contributed by atoms with Crippen molar-refractivity contribution in [2.24, 2.45) is 35.5 Å². The van der Waals surface area contributed by atoms with E-state index in [0.717, 1.165) is 36.5 Å². The fraction of sp³-hybridized carbons (Fsp3) is 0.719. The number of hydrogen-bond acceptors (Lipinski definition) is 5. The van der Waals surface area contributed by atoms with Crippen LogP contribution in [0.2, 0.25) is 0 Å². The molecule has 2 saturated carbocycles. The van der Waals surface area contributed by atoms with Crippen LogP contribution in [0.5, 0.6) is 0 Å². The normalized spacial score (nSPS) is 38.0. The lowest BCUT2D eigenvalue weighted by atomic mass is 9.60. The van der Waals surface area contributed by atoms with E-state index >= 15 is 0 Å². The summed E-state index contributed by atoms with van der Waals surface area (Å²) in [6, 6.07) is 8.58. The molecule has 10 atom stereocenters. The van der Waals surface area contributed by atoms with Crippen LogP contribution >= 0.6 is 0 Å². The van der Waals surface area contributed by atoms with Gasteiger partial charge in [-0.25, -0.2) is 4.79 Å². The number of fused-ring (bicyclic) bond motifs is 4. The van der Waals surface area contributed by atoms with Gasteiger partial charge in [-0.3, -0.25) is 14.5 Å². The molecule has 0 aromatic heterocycles. The highest BCUT2D eigenvalue weighted by Crippen LogP contribution is 2.51. The monoisotopic (exact) mass is 537 g/mol.